The molecule has 0 atom stereocenters. The summed E-state index contributed by atoms with van der Waals surface area (Å²) in [5, 5.41) is 11.5. The molecule has 5 nitrogen and oxygen atoms in total. The van der Waals surface area contributed by atoms with Crippen LogP contribution in [0.4, 0.5) is 10.1 Å². The molecule has 0 saturated carbocycles. The highest BCUT2D eigenvalue weighted by Gasteiger charge is 2.13. The van der Waals surface area contributed by atoms with Crippen LogP contribution in [0.1, 0.15) is 24.5 Å². The molecule has 0 aliphatic rings. The van der Waals surface area contributed by atoms with Gasteiger partial charge in [0.15, 0.2) is 0 Å². The van der Waals surface area contributed by atoms with Crippen LogP contribution in [-0.2, 0) is 16.1 Å². The SMILES string of the molecule is CC(=O)N(CCC(=O)NCc1ccccc1F)c1ccc(C#N)cc1. The zero-order valence-corrected chi connectivity index (χ0v) is 13.8. The van der Waals surface area contributed by atoms with E-state index in [1.807, 2.05) is 6.07 Å². The molecule has 2 aromatic carbocycles. The number of rotatable bonds is 6. The van der Waals surface area contributed by atoms with Gasteiger partial charge in [-0.25, -0.2) is 4.39 Å². The summed E-state index contributed by atoms with van der Waals surface area (Å²) < 4.78 is 13.5. The highest BCUT2D eigenvalue weighted by molar-refractivity contribution is 5.92. The Morgan fingerprint density at radius 2 is 1.84 bits per heavy atom. The first-order valence-corrected chi connectivity index (χ1v) is 7.79. The number of hydrogen-bond donors (Lipinski definition) is 1. The number of carbonyl (C=O) groups is 2. The second kappa shape index (κ2) is 8.60. The van der Waals surface area contributed by atoms with E-state index in [0.717, 1.165) is 0 Å². The van der Waals surface area contributed by atoms with E-state index in [0.29, 0.717) is 16.8 Å². The van der Waals surface area contributed by atoms with E-state index in [1.165, 1.54) is 17.9 Å². The van der Waals surface area contributed by atoms with Gasteiger partial charge < -0.3 is 10.2 Å². The molecule has 0 unspecified atom stereocenters. The van der Waals surface area contributed by atoms with E-state index in [9.17, 15) is 14.0 Å². The summed E-state index contributed by atoms with van der Waals surface area (Å²) in [6, 6.07) is 14.8. The van der Waals surface area contributed by atoms with Crippen molar-refractivity contribution in [2.24, 2.45) is 0 Å². The lowest BCUT2D eigenvalue weighted by molar-refractivity contribution is -0.121. The number of amides is 2. The number of nitrogens with zero attached hydrogens (tertiary/aromatic N) is 2. The number of halogens is 1. The lowest BCUT2D eigenvalue weighted by Crippen LogP contribution is -2.33. The lowest BCUT2D eigenvalue weighted by atomic mass is 10.2. The smallest absolute Gasteiger partial charge is 0.223 e. The Labute approximate surface area is 145 Å². The average Bonchev–Trinajstić information content (AvgIpc) is 2.61. The van der Waals surface area contributed by atoms with Crippen LogP contribution in [0.15, 0.2) is 48.5 Å². The second-order valence-electron chi connectivity index (χ2n) is 5.45. The first-order valence-electron chi connectivity index (χ1n) is 7.79. The van der Waals surface area contributed by atoms with Gasteiger partial charge in [0.2, 0.25) is 11.8 Å². The van der Waals surface area contributed by atoms with Crippen molar-refractivity contribution < 1.29 is 14.0 Å². The fourth-order valence-corrected chi connectivity index (χ4v) is 2.32. The maximum atomic E-state index is 13.5. The molecule has 0 fully saturated rings. The number of nitriles is 1. The average molecular weight is 339 g/mol. The molecular formula is C19H18FN3O2. The second-order valence-corrected chi connectivity index (χ2v) is 5.45. The van der Waals surface area contributed by atoms with Gasteiger partial charge in [-0.05, 0) is 30.3 Å². The molecule has 6 heteroatoms. The van der Waals surface area contributed by atoms with Gasteiger partial charge in [-0.2, -0.15) is 5.26 Å². The maximum absolute atomic E-state index is 13.5. The summed E-state index contributed by atoms with van der Waals surface area (Å²) in [6.45, 7) is 1.71. The van der Waals surface area contributed by atoms with Crippen molar-refractivity contribution in [3.63, 3.8) is 0 Å². The summed E-state index contributed by atoms with van der Waals surface area (Å²) in [5.41, 5.74) is 1.52. The molecule has 0 saturated heterocycles. The molecule has 2 rings (SSSR count). The van der Waals surface area contributed by atoms with E-state index in [1.54, 1.807) is 42.5 Å². The van der Waals surface area contributed by atoms with Crippen molar-refractivity contribution in [1.82, 2.24) is 5.32 Å². The number of benzene rings is 2. The number of nitrogens with one attached hydrogen (secondary N) is 1. The zero-order chi connectivity index (χ0) is 18.2. The minimum absolute atomic E-state index is 0.0913. The Morgan fingerprint density at radius 1 is 1.16 bits per heavy atom. The van der Waals surface area contributed by atoms with Crippen molar-refractivity contribution in [1.29, 1.82) is 5.26 Å². The van der Waals surface area contributed by atoms with Crippen LogP contribution in [0.3, 0.4) is 0 Å². The van der Waals surface area contributed by atoms with Crippen molar-refractivity contribution >= 4 is 17.5 Å². The lowest BCUT2D eigenvalue weighted by Gasteiger charge is -2.21. The Morgan fingerprint density at radius 3 is 2.44 bits per heavy atom. The van der Waals surface area contributed by atoms with E-state index in [4.69, 9.17) is 5.26 Å². The summed E-state index contributed by atoms with van der Waals surface area (Å²) in [4.78, 5) is 25.2. The molecule has 0 heterocycles. The fraction of sp³-hybridized carbons (Fsp3) is 0.211. The summed E-state index contributed by atoms with van der Waals surface area (Å²) in [5.74, 6) is -0.847. The van der Waals surface area contributed by atoms with Crippen LogP contribution in [0, 0.1) is 17.1 Å². The third-order valence-corrected chi connectivity index (χ3v) is 3.68. The third-order valence-electron chi connectivity index (χ3n) is 3.68. The van der Waals surface area contributed by atoms with Gasteiger partial charge in [0.25, 0.3) is 0 Å². The Balaban J connectivity index is 1.92. The molecular weight excluding hydrogens is 321 g/mol. The zero-order valence-electron chi connectivity index (χ0n) is 13.8. The van der Waals surface area contributed by atoms with Gasteiger partial charge in [-0.15, -0.1) is 0 Å². The van der Waals surface area contributed by atoms with Crippen LogP contribution in [-0.4, -0.2) is 18.4 Å². The first-order chi connectivity index (χ1) is 12.0. The molecule has 0 aromatic heterocycles. The van der Waals surface area contributed by atoms with Crippen molar-refractivity contribution in [3.05, 3.63) is 65.5 Å². The molecule has 0 aliphatic carbocycles. The van der Waals surface area contributed by atoms with E-state index >= 15 is 0 Å². The molecule has 0 radical (unpaired) electrons. The molecule has 1 N–H and O–H groups in total. The van der Waals surface area contributed by atoms with Gasteiger partial charge in [-0.1, -0.05) is 18.2 Å². The Hall–Kier alpha value is -3.20. The molecule has 2 amide bonds. The number of hydrogen-bond acceptors (Lipinski definition) is 3. The van der Waals surface area contributed by atoms with Crippen molar-refractivity contribution in [2.75, 3.05) is 11.4 Å². The van der Waals surface area contributed by atoms with Gasteiger partial charge in [0.05, 0.1) is 11.6 Å². The largest absolute Gasteiger partial charge is 0.352 e. The highest BCUT2D eigenvalue weighted by atomic mass is 19.1. The minimum Gasteiger partial charge on any atom is -0.352 e. The van der Waals surface area contributed by atoms with Gasteiger partial charge >= 0.3 is 0 Å². The third kappa shape index (κ3) is 5.15. The van der Waals surface area contributed by atoms with Crippen LogP contribution < -0.4 is 10.2 Å². The summed E-state index contributed by atoms with van der Waals surface area (Å²) in [7, 11) is 0. The molecule has 0 bridgehead atoms. The maximum Gasteiger partial charge on any atom is 0.223 e. The standard InChI is InChI=1S/C19H18FN3O2/c1-14(24)23(17-8-6-15(12-21)7-9-17)11-10-19(25)22-13-16-4-2-3-5-18(16)20/h2-9H,10-11,13H2,1H3,(H,22,25). The van der Waals surface area contributed by atoms with E-state index < -0.39 is 0 Å². The summed E-state index contributed by atoms with van der Waals surface area (Å²) >= 11 is 0. The van der Waals surface area contributed by atoms with Crippen molar-refractivity contribution in [2.45, 2.75) is 19.9 Å². The summed E-state index contributed by atoms with van der Waals surface area (Å²) in [6.07, 6.45) is 0.0913. The van der Waals surface area contributed by atoms with Crippen molar-refractivity contribution in [3.8, 4) is 6.07 Å². The monoisotopic (exact) mass is 339 g/mol. The molecule has 2 aromatic rings. The van der Waals surface area contributed by atoms with Crippen LogP contribution >= 0.6 is 0 Å². The first kappa shape index (κ1) is 18.1. The topological polar surface area (TPSA) is 73.2 Å². The number of carbonyl (C=O) groups excluding carboxylic acids is 2. The predicted octanol–water partition coefficient (Wildman–Crippen LogP) is 2.76. The van der Waals surface area contributed by atoms with Crippen LogP contribution in [0.5, 0.6) is 0 Å². The fourth-order valence-electron chi connectivity index (χ4n) is 2.32. The van der Waals surface area contributed by atoms with Crippen LogP contribution in [0.2, 0.25) is 0 Å². The molecule has 25 heavy (non-hydrogen) atoms. The van der Waals surface area contributed by atoms with E-state index in [2.05, 4.69) is 5.32 Å². The molecule has 128 valence electrons. The van der Waals surface area contributed by atoms with Gasteiger partial charge in [-0.3, -0.25) is 9.59 Å². The highest BCUT2D eigenvalue weighted by Crippen LogP contribution is 2.16. The molecule has 0 spiro atoms. The quantitative estimate of drug-likeness (QED) is 0.879. The Bertz CT molecular complexity index is 797. The predicted molar refractivity (Wildman–Crippen MR) is 92.0 cm³/mol. The normalized spacial score (nSPS) is 9.96. The van der Waals surface area contributed by atoms with E-state index in [-0.39, 0.29) is 37.1 Å². The van der Waals surface area contributed by atoms with Crippen LogP contribution in [0.25, 0.3) is 0 Å². The number of anilines is 1. The van der Waals surface area contributed by atoms with Gasteiger partial charge in [0, 0.05) is 37.7 Å². The Kier molecular flexibility index (Phi) is 6.24. The minimum atomic E-state index is -0.370. The molecule has 0 aliphatic heterocycles. The van der Waals surface area contributed by atoms with Gasteiger partial charge in [0.1, 0.15) is 5.82 Å².